The number of hydrogen-bond donors (Lipinski definition) is 2. The molecule has 1 aromatic heterocycles. The van der Waals surface area contributed by atoms with Gasteiger partial charge in [-0.2, -0.15) is 0 Å². The van der Waals surface area contributed by atoms with E-state index in [1.807, 2.05) is 13.8 Å². The summed E-state index contributed by atoms with van der Waals surface area (Å²) in [6.07, 6.45) is 4.74. The van der Waals surface area contributed by atoms with Crippen LogP contribution in [0.5, 0.6) is 5.75 Å². The van der Waals surface area contributed by atoms with Gasteiger partial charge in [-0.15, -0.1) is 0 Å². The first kappa shape index (κ1) is 19.1. The molecular weight excluding hydrogens is 344 g/mol. The summed E-state index contributed by atoms with van der Waals surface area (Å²) < 4.78 is 5.73. The van der Waals surface area contributed by atoms with Gasteiger partial charge in [-0.1, -0.05) is 12.1 Å². The zero-order chi connectivity index (χ0) is 19.2. The van der Waals surface area contributed by atoms with E-state index in [0.717, 1.165) is 42.8 Å². The predicted octanol–water partition coefficient (Wildman–Crippen LogP) is 2.64. The molecule has 1 aliphatic heterocycles. The lowest BCUT2D eigenvalue weighted by atomic mass is 10.0. The number of aromatic carboxylic acids is 1. The van der Waals surface area contributed by atoms with Crippen LogP contribution in [0.3, 0.4) is 0 Å². The number of nitrogens with one attached hydrogen (secondary N) is 1. The number of aryl methyl sites for hydroxylation is 1. The molecule has 0 bridgehead atoms. The molecule has 1 saturated heterocycles. The Kier molecular flexibility index (Phi) is 6.24. The van der Waals surface area contributed by atoms with Crippen LogP contribution in [0.1, 0.15) is 41.3 Å². The van der Waals surface area contributed by atoms with Crippen molar-refractivity contribution in [3.8, 4) is 5.75 Å². The minimum absolute atomic E-state index is 0.0954. The lowest BCUT2D eigenvalue weighted by Crippen LogP contribution is -2.43. The molecule has 0 aliphatic carbocycles. The van der Waals surface area contributed by atoms with Gasteiger partial charge in [0.1, 0.15) is 5.75 Å². The molecule has 0 atom stereocenters. The van der Waals surface area contributed by atoms with E-state index in [0.29, 0.717) is 25.1 Å². The van der Waals surface area contributed by atoms with Crippen molar-refractivity contribution >= 4 is 11.9 Å². The highest BCUT2D eigenvalue weighted by molar-refractivity contribution is 5.86. The Morgan fingerprint density at radius 2 is 2.00 bits per heavy atom. The number of ether oxygens (including phenoxy) is 1. The van der Waals surface area contributed by atoms with Crippen molar-refractivity contribution in [1.29, 1.82) is 0 Å². The van der Waals surface area contributed by atoms with E-state index in [1.165, 1.54) is 12.4 Å². The van der Waals surface area contributed by atoms with E-state index in [4.69, 9.17) is 9.84 Å². The highest BCUT2D eigenvalue weighted by Crippen LogP contribution is 2.25. The summed E-state index contributed by atoms with van der Waals surface area (Å²) in [7, 11) is 0. The first-order valence-corrected chi connectivity index (χ1v) is 9.33. The second-order valence-corrected chi connectivity index (χ2v) is 6.72. The minimum Gasteiger partial charge on any atom is -0.494 e. The average Bonchev–Trinajstić information content (AvgIpc) is 2.69. The Hall–Kier alpha value is -2.67. The molecule has 0 unspecified atom stereocenters. The van der Waals surface area contributed by atoms with Crippen LogP contribution in [0.2, 0.25) is 0 Å². The first-order chi connectivity index (χ1) is 13.1. The van der Waals surface area contributed by atoms with Gasteiger partial charge >= 0.3 is 5.97 Å². The van der Waals surface area contributed by atoms with Crippen molar-refractivity contribution in [2.75, 3.05) is 24.6 Å². The van der Waals surface area contributed by atoms with Crippen LogP contribution in [0.15, 0.2) is 30.6 Å². The molecule has 0 radical (unpaired) electrons. The predicted molar refractivity (Wildman–Crippen MR) is 103 cm³/mol. The Balaban J connectivity index is 1.88. The van der Waals surface area contributed by atoms with Crippen LogP contribution in [-0.4, -0.2) is 46.8 Å². The monoisotopic (exact) mass is 370 g/mol. The number of anilines is 1. The number of hydrogen-bond acceptors (Lipinski definition) is 6. The molecule has 3 rings (SSSR count). The summed E-state index contributed by atoms with van der Waals surface area (Å²) in [6.45, 7) is 7.19. The van der Waals surface area contributed by atoms with Gasteiger partial charge in [-0.3, -0.25) is 0 Å². The van der Waals surface area contributed by atoms with Gasteiger partial charge in [0.25, 0.3) is 0 Å². The van der Waals surface area contributed by atoms with Crippen LogP contribution in [0.25, 0.3) is 0 Å². The van der Waals surface area contributed by atoms with E-state index >= 15 is 0 Å². The van der Waals surface area contributed by atoms with Crippen LogP contribution >= 0.6 is 0 Å². The highest BCUT2D eigenvalue weighted by atomic mass is 16.5. The average molecular weight is 370 g/mol. The van der Waals surface area contributed by atoms with Gasteiger partial charge in [-0.05, 0) is 57.0 Å². The number of aromatic nitrogens is 2. The van der Waals surface area contributed by atoms with Gasteiger partial charge in [0.15, 0.2) is 0 Å². The van der Waals surface area contributed by atoms with Gasteiger partial charge in [0.05, 0.1) is 12.2 Å². The van der Waals surface area contributed by atoms with Crippen molar-refractivity contribution in [3.05, 3.63) is 47.3 Å². The largest absolute Gasteiger partial charge is 0.494 e. The van der Waals surface area contributed by atoms with E-state index in [2.05, 4.69) is 38.4 Å². The standard InChI is InChI=1S/C20H26N4O3/c1-3-27-18-10-15(5-4-14(18)2)13-24(17-6-8-21-9-7-17)20-22-11-16(12-23-20)19(25)26/h4-5,10-12,17,21H,3,6-9,13H2,1-2H3,(H,25,26). The Bertz CT molecular complexity index is 773. The molecule has 2 aromatic rings. The van der Waals surface area contributed by atoms with Crippen LogP contribution in [0, 0.1) is 6.92 Å². The normalized spacial score (nSPS) is 14.7. The lowest BCUT2D eigenvalue weighted by Gasteiger charge is -2.35. The Morgan fingerprint density at radius 3 is 2.63 bits per heavy atom. The minimum atomic E-state index is -1.02. The zero-order valence-corrected chi connectivity index (χ0v) is 15.8. The molecule has 1 aliphatic rings. The first-order valence-electron chi connectivity index (χ1n) is 9.33. The second-order valence-electron chi connectivity index (χ2n) is 6.72. The highest BCUT2D eigenvalue weighted by Gasteiger charge is 2.24. The van der Waals surface area contributed by atoms with E-state index in [1.54, 1.807) is 0 Å². The molecular formula is C20H26N4O3. The third-order valence-corrected chi connectivity index (χ3v) is 4.80. The van der Waals surface area contributed by atoms with Gasteiger partial charge in [0, 0.05) is 25.0 Å². The van der Waals surface area contributed by atoms with Crippen LogP contribution in [0.4, 0.5) is 5.95 Å². The number of rotatable bonds is 7. The number of carbonyl (C=O) groups is 1. The third kappa shape index (κ3) is 4.74. The SMILES string of the molecule is CCOc1cc(CN(c2ncc(C(=O)O)cn2)C2CCNCC2)ccc1C. The van der Waals surface area contributed by atoms with Crippen molar-refractivity contribution in [1.82, 2.24) is 15.3 Å². The van der Waals surface area contributed by atoms with Gasteiger partial charge in [0.2, 0.25) is 5.95 Å². The zero-order valence-electron chi connectivity index (χ0n) is 15.8. The van der Waals surface area contributed by atoms with Crippen LogP contribution < -0.4 is 15.0 Å². The van der Waals surface area contributed by atoms with Crippen molar-refractivity contribution < 1.29 is 14.6 Å². The molecule has 0 saturated carbocycles. The summed E-state index contributed by atoms with van der Waals surface area (Å²) in [5.41, 5.74) is 2.32. The Morgan fingerprint density at radius 1 is 1.30 bits per heavy atom. The number of carboxylic acid groups (broad SMARTS) is 1. The summed E-state index contributed by atoms with van der Waals surface area (Å²) in [5.74, 6) is 0.433. The fraction of sp³-hybridized carbons (Fsp3) is 0.450. The second kappa shape index (κ2) is 8.81. The molecule has 144 valence electrons. The number of carboxylic acids is 1. The maximum Gasteiger partial charge on any atom is 0.338 e. The molecule has 0 amide bonds. The van der Waals surface area contributed by atoms with E-state index < -0.39 is 5.97 Å². The van der Waals surface area contributed by atoms with Crippen molar-refractivity contribution in [2.45, 2.75) is 39.3 Å². The molecule has 0 spiro atoms. The maximum absolute atomic E-state index is 11.1. The molecule has 2 N–H and O–H groups in total. The third-order valence-electron chi connectivity index (χ3n) is 4.80. The van der Waals surface area contributed by atoms with Gasteiger partial charge in [-0.25, -0.2) is 14.8 Å². The molecule has 2 heterocycles. The summed E-state index contributed by atoms with van der Waals surface area (Å²) in [4.78, 5) is 21.9. The summed E-state index contributed by atoms with van der Waals surface area (Å²) >= 11 is 0. The molecule has 7 heteroatoms. The fourth-order valence-corrected chi connectivity index (χ4v) is 3.31. The van der Waals surface area contributed by atoms with E-state index in [-0.39, 0.29) is 5.56 Å². The molecule has 1 fully saturated rings. The topological polar surface area (TPSA) is 87.6 Å². The van der Waals surface area contributed by atoms with Crippen molar-refractivity contribution in [2.24, 2.45) is 0 Å². The summed E-state index contributed by atoms with van der Waals surface area (Å²) in [6, 6.07) is 6.53. The number of piperidine rings is 1. The van der Waals surface area contributed by atoms with Crippen LogP contribution in [-0.2, 0) is 6.54 Å². The molecule has 27 heavy (non-hydrogen) atoms. The lowest BCUT2D eigenvalue weighted by molar-refractivity contribution is 0.0696. The summed E-state index contributed by atoms with van der Waals surface area (Å²) in [5, 5.41) is 12.5. The van der Waals surface area contributed by atoms with Gasteiger partial charge < -0.3 is 20.1 Å². The van der Waals surface area contributed by atoms with Crippen molar-refractivity contribution in [3.63, 3.8) is 0 Å². The number of nitrogens with zero attached hydrogens (tertiary/aromatic N) is 3. The quantitative estimate of drug-likeness (QED) is 0.775. The fourth-order valence-electron chi connectivity index (χ4n) is 3.31. The maximum atomic E-state index is 11.1. The van der Waals surface area contributed by atoms with E-state index in [9.17, 15) is 4.79 Å². The molecule has 7 nitrogen and oxygen atoms in total. The number of benzene rings is 1. The Labute approximate surface area is 159 Å². The smallest absolute Gasteiger partial charge is 0.338 e. The molecule has 1 aromatic carbocycles.